The van der Waals surface area contributed by atoms with Crippen LogP contribution in [-0.2, 0) is 32.7 Å². The fourth-order valence-electron chi connectivity index (χ4n) is 2.48. The maximum atomic E-state index is 12.6. The molecule has 12 heteroatoms. The molecule has 3 rings (SSSR count). The number of hydrogen-bond donors (Lipinski definition) is 0. The van der Waals surface area contributed by atoms with E-state index in [1.54, 1.807) is 46.5 Å². The van der Waals surface area contributed by atoms with Gasteiger partial charge >= 0.3 is 5.97 Å². The predicted octanol–water partition coefficient (Wildman–Crippen LogP) is 2.09. The lowest BCUT2D eigenvalue weighted by molar-refractivity contribution is -0.147. The Balaban J connectivity index is 1.52. The number of carbonyl (C=O) groups excluding carboxylic acids is 1. The summed E-state index contributed by atoms with van der Waals surface area (Å²) < 4.78 is 38.7. The minimum atomic E-state index is -3.61. The molecule has 3 aromatic rings. The number of esters is 1. The van der Waals surface area contributed by atoms with Gasteiger partial charge in [0.25, 0.3) is 10.0 Å². The van der Waals surface area contributed by atoms with Gasteiger partial charge in [0.05, 0.1) is 5.69 Å². The van der Waals surface area contributed by atoms with E-state index < -0.39 is 16.0 Å². The number of benzene rings is 1. The van der Waals surface area contributed by atoms with Crippen LogP contribution >= 0.6 is 11.3 Å². The van der Waals surface area contributed by atoms with Gasteiger partial charge in [-0.1, -0.05) is 13.0 Å². The van der Waals surface area contributed by atoms with E-state index >= 15 is 0 Å². The maximum Gasteiger partial charge on any atom is 0.344 e. The molecule has 0 N–H and O–H groups in total. The standard InChI is InChI=1S/C18H21N5O5S2/c1-3-10-23-16(19-20-21-23)12-28-17(24)13-27-15-8-6-14(7-9-15)22(2)30(25,26)18-5-4-11-29-18/h4-9,11H,3,10,12-13H2,1-2H3. The van der Waals surface area contributed by atoms with Crippen LogP contribution in [0.5, 0.6) is 5.75 Å². The lowest BCUT2D eigenvalue weighted by Crippen LogP contribution is -2.25. The molecule has 10 nitrogen and oxygen atoms in total. The van der Waals surface area contributed by atoms with Gasteiger partial charge < -0.3 is 9.47 Å². The van der Waals surface area contributed by atoms with Gasteiger partial charge in [0.2, 0.25) is 0 Å². The van der Waals surface area contributed by atoms with Crippen LogP contribution in [0.15, 0.2) is 46.0 Å². The highest BCUT2D eigenvalue weighted by Gasteiger charge is 2.22. The van der Waals surface area contributed by atoms with E-state index in [1.807, 2.05) is 6.92 Å². The predicted molar refractivity (Wildman–Crippen MR) is 110 cm³/mol. The van der Waals surface area contributed by atoms with E-state index in [-0.39, 0.29) is 17.4 Å². The second-order valence-corrected chi connectivity index (χ2v) is 9.31. The summed E-state index contributed by atoms with van der Waals surface area (Å²) in [5.74, 6) is 0.306. The van der Waals surface area contributed by atoms with Crippen molar-refractivity contribution >= 4 is 33.0 Å². The molecule has 30 heavy (non-hydrogen) atoms. The van der Waals surface area contributed by atoms with Crippen LogP contribution in [0.2, 0.25) is 0 Å². The van der Waals surface area contributed by atoms with Crippen LogP contribution in [-0.4, -0.2) is 48.2 Å². The van der Waals surface area contributed by atoms with E-state index in [0.717, 1.165) is 17.8 Å². The van der Waals surface area contributed by atoms with Crippen molar-refractivity contribution < 1.29 is 22.7 Å². The van der Waals surface area contributed by atoms with E-state index in [9.17, 15) is 13.2 Å². The summed E-state index contributed by atoms with van der Waals surface area (Å²) in [4.78, 5) is 11.9. The Morgan fingerprint density at radius 3 is 2.67 bits per heavy atom. The van der Waals surface area contributed by atoms with Gasteiger partial charge in [-0.2, -0.15) is 0 Å². The molecular weight excluding hydrogens is 430 g/mol. The third-order valence-corrected chi connectivity index (χ3v) is 7.23. The van der Waals surface area contributed by atoms with Gasteiger partial charge in [0.1, 0.15) is 9.96 Å². The first-order valence-corrected chi connectivity index (χ1v) is 11.4. The molecule has 0 amide bonds. The average Bonchev–Trinajstić information content (AvgIpc) is 3.43. The van der Waals surface area contributed by atoms with Crippen LogP contribution < -0.4 is 9.04 Å². The summed E-state index contributed by atoms with van der Waals surface area (Å²) in [7, 11) is -2.12. The molecule has 0 unspecified atom stereocenters. The smallest absolute Gasteiger partial charge is 0.344 e. The number of sulfonamides is 1. The summed E-state index contributed by atoms with van der Waals surface area (Å²) in [6, 6.07) is 9.62. The zero-order chi connectivity index (χ0) is 21.6. The second-order valence-electron chi connectivity index (χ2n) is 6.17. The van der Waals surface area contributed by atoms with E-state index in [0.29, 0.717) is 23.8 Å². The van der Waals surface area contributed by atoms with Gasteiger partial charge in [-0.05, 0) is 52.6 Å². The minimum absolute atomic E-state index is 0.0422. The van der Waals surface area contributed by atoms with Gasteiger partial charge in [-0.15, -0.1) is 16.4 Å². The van der Waals surface area contributed by atoms with Gasteiger partial charge in [-0.3, -0.25) is 4.31 Å². The molecule has 0 fully saturated rings. The highest BCUT2D eigenvalue weighted by Crippen LogP contribution is 2.26. The van der Waals surface area contributed by atoms with E-state index in [1.165, 1.54) is 11.4 Å². The Morgan fingerprint density at radius 1 is 1.23 bits per heavy atom. The largest absolute Gasteiger partial charge is 0.482 e. The first-order chi connectivity index (χ1) is 14.4. The number of aromatic nitrogens is 4. The number of tetrazole rings is 1. The van der Waals surface area contributed by atoms with Gasteiger partial charge in [0.15, 0.2) is 19.0 Å². The molecule has 160 valence electrons. The first-order valence-electron chi connectivity index (χ1n) is 9.07. The Bertz CT molecular complexity index is 1060. The number of ether oxygens (including phenoxy) is 2. The van der Waals surface area contributed by atoms with Crippen LogP contribution in [0, 0.1) is 0 Å². The van der Waals surface area contributed by atoms with Crippen molar-refractivity contribution in [1.29, 1.82) is 0 Å². The van der Waals surface area contributed by atoms with E-state index in [2.05, 4.69) is 15.5 Å². The Hall–Kier alpha value is -2.99. The summed E-state index contributed by atoms with van der Waals surface area (Å²) >= 11 is 1.15. The second kappa shape index (κ2) is 9.67. The minimum Gasteiger partial charge on any atom is -0.482 e. The van der Waals surface area contributed by atoms with Crippen molar-refractivity contribution in [3.8, 4) is 5.75 Å². The van der Waals surface area contributed by atoms with Crippen LogP contribution in [0.25, 0.3) is 0 Å². The van der Waals surface area contributed by atoms with Crippen LogP contribution in [0.1, 0.15) is 19.2 Å². The third kappa shape index (κ3) is 5.13. The number of nitrogens with zero attached hydrogens (tertiary/aromatic N) is 5. The lowest BCUT2D eigenvalue weighted by atomic mass is 10.3. The lowest BCUT2D eigenvalue weighted by Gasteiger charge is -2.18. The summed E-state index contributed by atoms with van der Waals surface area (Å²) in [5.41, 5.74) is 0.473. The summed E-state index contributed by atoms with van der Waals surface area (Å²) in [6.07, 6.45) is 0.856. The SMILES string of the molecule is CCCn1nnnc1COC(=O)COc1ccc(N(C)S(=O)(=O)c2cccs2)cc1. The number of anilines is 1. The van der Waals surface area contributed by atoms with Crippen molar-refractivity contribution in [3.05, 3.63) is 47.6 Å². The van der Waals surface area contributed by atoms with Crippen molar-refractivity contribution in [3.63, 3.8) is 0 Å². The van der Waals surface area contributed by atoms with Crippen LogP contribution in [0.4, 0.5) is 5.69 Å². The number of hydrogen-bond acceptors (Lipinski definition) is 9. The topological polar surface area (TPSA) is 117 Å². The third-order valence-electron chi connectivity index (χ3n) is 4.07. The molecule has 0 radical (unpaired) electrons. The quantitative estimate of drug-likeness (QED) is 0.430. The Labute approximate surface area is 178 Å². The Morgan fingerprint density at radius 2 is 2.00 bits per heavy atom. The zero-order valence-corrected chi connectivity index (χ0v) is 18.1. The summed E-state index contributed by atoms with van der Waals surface area (Å²) in [5, 5.41) is 12.9. The molecule has 0 aliphatic carbocycles. The van der Waals surface area contributed by atoms with Crippen LogP contribution in [0.3, 0.4) is 0 Å². The molecule has 0 saturated carbocycles. The van der Waals surface area contributed by atoms with Gasteiger partial charge in [0, 0.05) is 13.6 Å². The van der Waals surface area contributed by atoms with Crippen molar-refractivity contribution in [2.45, 2.75) is 30.7 Å². The molecule has 2 heterocycles. The molecular formula is C18H21N5O5S2. The Kier molecular flexibility index (Phi) is 7.00. The normalized spacial score (nSPS) is 11.3. The molecule has 1 aromatic carbocycles. The highest BCUT2D eigenvalue weighted by atomic mass is 32.2. The fourth-order valence-corrected chi connectivity index (χ4v) is 4.83. The number of rotatable bonds is 10. The van der Waals surface area contributed by atoms with Crippen molar-refractivity contribution in [2.75, 3.05) is 18.0 Å². The maximum absolute atomic E-state index is 12.6. The molecule has 0 saturated heterocycles. The molecule has 0 atom stereocenters. The average molecular weight is 452 g/mol. The fraction of sp³-hybridized carbons (Fsp3) is 0.333. The highest BCUT2D eigenvalue weighted by molar-refractivity contribution is 7.94. The molecule has 0 aliphatic heterocycles. The first kappa shape index (κ1) is 21.7. The summed E-state index contributed by atoms with van der Waals surface area (Å²) in [6.45, 7) is 2.29. The number of thiophene rings is 1. The molecule has 0 aliphatic rings. The van der Waals surface area contributed by atoms with Crippen molar-refractivity contribution in [2.24, 2.45) is 0 Å². The number of carbonyl (C=O) groups is 1. The molecule has 2 aromatic heterocycles. The van der Waals surface area contributed by atoms with Gasteiger partial charge in [-0.25, -0.2) is 17.9 Å². The van der Waals surface area contributed by atoms with Crippen molar-refractivity contribution in [1.82, 2.24) is 20.2 Å². The zero-order valence-electron chi connectivity index (χ0n) is 16.5. The number of aryl methyl sites for hydroxylation is 1. The molecule has 0 spiro atoms. The molecule has 0 bridgehead atoms. The monoisotopic (exact) mass is 451 g/mol. The van der Waals surface area contributed by atoms with E-state index in [4.69, 9.17) is 9.47 Å².